The Hall–Kier alpha value is -2.48. The van der Waals surface area contributed by atoms with Gasteiger partial charge in [0.25, 0.3) is 5.78 Å². The molecule has 0 atom stereocenters. The summed E-state index contributed by atoms with van der Waals surface area (Å²) >= 11 is 3.36. The van der Waals surface area contributed by atoms with Gasteiger partial charge in [-0.25, -0.2) is 9.78 Å². The maximum Gasteiger partial charge on any atom is 0.335 e. The zero-order chi connectivity index (χ0) is 15.0. The molecule has 0 aliphatic heterocycles. The molecule has 3 rings (SSSR count). The van der Waals surface area contributed by atoms with Crippen molar-refractivity contribution in [2.45, 2.75) is 6.92 Å². The Bertz CT molecular complexity index is 846. The standard InChI is InChI=1S/C13H10BrN5O2/c1-7-4-11(19-13(17-7)15-6-16-19)18-10-3-2-8(12(20)21)5-9(10)14/h2-6,18H,1H3,(H,20,21). The smallest absolute Gasteiger partial charge is 0.335 e. The molecule has 0 saturated heterocycles. The first kappa shape index (κ1) is 13.5. The third-order valence-corrected chi connectivity index (χ3v) is 3.51. The molecule has 0 radical (unpaired) electrons. The second-order valence-electron chi connectivity index (χ2n) is 4.38. The Balaban J connectivity index is 2.02. The number of aromatic nitrogens is 4. The van der Waals surface area contributed by atoms with Crippen molar-refractivity contribution < 1.29 is 9.90 Å². The Labute approximate surface area is 127 Å². The zero-order valence-corrected chi connectivity index (χ0v) is 12.5. The highest BCUT2D eigenvalue weighted by Gasteiger charge is 2.10. The molecule has 0 spiro atoms. The number of hydrogen-bond donors (Lipinski definition) is 2. The molecule has 0 amide bonds. The number of fused-ring (bicyclic) bond motifs is 1. The number of aryl methyl sites for hydroxylation is 1. The van der Waals surface area contributed by atoms with Gasteiger partial charge in [0.05, 0.1) is 11.3 Å². The second-order valence-corrected chi connectivity index (χ2v) is 5.23. The fourth-order valence-electron chi connectivity index (χ4n) is 1.91. The summed E-state index contributed by atoms with van der Waals surface area (Å²) in [5.74, 6) is 0.218. The summed E-state index contributed by atoms with van der Waals surface area (Å²) in [4.78, 5) is 19.2. The third kappa shape index (κ3) is 2.57. The van der Waals surface area contributed by atoms with E-state index in [9.17, 15) is 4.79 Å². The Morgan fingerprint density at radius 2 is 2.19 bits per heavy atom. The minimum Gasteiger partial charge on any atom is -0.478 e. The molecule has 0 aliphatic rings. The van der Waals surface area contributed by atoms with E-state index in [2.05, 4.69) is 36.3 Å². The van der Waals surface area contributed by atoms with Crippen molar-refractivity contribution in [2.24, 2.45) is 0 Å². The molecule has 2 heterocycles. The van der Waals surface area contributed by atoms with Crippen molar-refractivity contribution in [2.75, 3.05) is 5.32 Å². The first-order valence-corrected chi connectivity index (χ1v) is 6.81. The van der Waals surface area contributed by atoms with Crippen molar-refractivity contribution in [3.8, 4) is 0 Å². The van der Waals surface area contributed by atoms with E-state index in [4.69, 9.17) is 5.11 Å². The number of carboxylic acids is 1. The topological polar surface area (TPSA) is 92.4 Å². The number of nitrogens with zero attached hydrogens (tertiary/aromatic N) is 4. The van der Waals surface area contributed by atoms with Gasteiger partial charge < -0.3 is 10.4 Å². The van der Waals surface area contributed by atoms with Gasteiger partial charge in [0.15, 0.2) is 0 Å². The van der Waals surface area contributed by atoms with E-state index in [-0.39, 0.29) is 5.56 Å². The van der Waals surface area contributed by atoms with Gasteiger partial charge in [-0.15, -0.1) is 0 Å². The highest BCUT2D eigenvalue weighted by molar-refractivity contribution is 9.10. The van der Waals surface area contributed by atoms with Gasteiger partial charge in [-0.3, -0.25) is 0 Å². The normalized spacial score (nSPS) is 10.8. The van der Waals surface area contributed by atoms with E-state index in [1.165, 1.54) is 18.5 Å². The molecule has 1 aromatic carbocycles. The summed E-state index contributed by atoms with van der Waals surface area (Å²) in [6.07, 6.45) is 1.43. The van der Waals surface area contributed by atoms with Gasteiger partial charge in [-0.2, -0.15) is 14.6 Å². The van der Waals surface area contributed by atoms with Crippen molar-refractivity contribution in [1.82, 2.24) is 19.6 Å². The van der Waals surface area contributed by atoms with Gasteiger partial charge >= 0.3 is 5.97 Å². The number of benzene rings is 1. The Kier molecular flexibility index (Phi) is 3.30. The molecule has 0 bridgehead atoms. The van der Waals surface area contributed by atoms with Crippen LogP contribution < -0.4 is 5.32 Å². The minimum atomic E-state index is -0.972. The van der Waals surface area contributed by atoms with Gasteiger partial charge in [0, 0.05) is 16.2 Å². The second kappa shape index (κ2) is 5.13. The van der Waals surface area contributed by atoms with Gasteiger partial charge in [0.1, 0.15) is 12.1 Å². The number of nitrogens with one attached hydrogen (secondary N) is 1. The van der Waals surface area contributed by atoms with Gasteiger partial charge in [-0.05, 0) is 41.1 Å². The van der Waals surface area contributed by atoms with Crippen molar-refractivity contribution in [1.29, 1.82) is 0 Å². The van der Waals surface area contributed by atoms with Crippen molar-refractivity contribution in [3.05, 3.63) is 46.3 Å². The molecule has 0 unspecified atom stereocenters. The fraction of sp³-hybridized carbons (Fsp3) is 0.0769. The van der Waals surface area contributed by atoms with Crippen molar-refractivity contribution in [3.63, 3.8) is 0 Å². The average Bonchev–Trinajstić information content (AvgIpc) is 2.88. The molecule has 2 N–H and O–H groups in total. The van der Waals surface area contributed by atoms with Crippen LogP contribution in [0.25, 0.3) is 5.78 Å². The lowest BCUT2D eigenvalue weighted by Crippen LogP contribution is -2.04. The summed E-state index contributed by atoms with van der Waals surface area (Å²) in [7, 11) is 0. The van der Waals surface area contributed by atoms with Gasteiger partial charge in [0.2, 0.25) is 0 Å². The largest absolute Gasteiger partial charge is 0.478 e. The fourth-order valence-corrected chi connectivity index (χ4v) is 2.39. The molecule has 3 aromatic rings. The van der Waals surface area contributed by atoms with E-state index in [0.29, 0.717) is 16.1 Å². The maximum absolute atomic E-state index is 10.9. The first-order chi connectivity index (χ1) is 10.0. The molecule has 0 aliphatic carbocycles. The predicted octanol–water partition coefficient (Wildman–Crippen LogP) is 2.64. The SMILES string of the molecule is Cc1cc(Nc2ccc(C(=O)O)cc2Br)n2ncnc2n1. The van der Waals surface area contributed by atoms with Crippen LogP contribution in [-0.4, -0.2) is 30.7 Å². The summed E-state index contributed by atoms with van der Waals surface area (Å²) in [5, 5.41) is 16.3. The van der Waals surface area contributed by atoms with Crippen LogP contribution in [0.15, 0.2) is 35.1 Å². The first-order valence-electron chi connectivity index (χ1n) is 6.02. The molecule has 8 heteroatoms. The Morgan fingerprint density at radius 1 is 1.38 bits per heavy atom. The van der Waals surface area contributed by atoms with Crippen LogP contribution in [0.3, 0.4) is 0 Å². The minimum absolute atomic E-state index is 0.212. The van der Waals surface area contributed by atoms with Crippen LogP contribution in [-0.2, 0) is 0 Å². The Morgan fingerprint density at radius 3 is 2.90 bits per heavy atom. The summed E-state index contributed by atoms with van der Waals surface area (Å²) in [6, 6.07) is 6.59. The average molecular weight is 348 g/mol. The third-order valence-electron chi connectivity index (χ3n) is 2.86. The number of carboxylic acid groups (broad SMARTS) is 1. The molecule has 21 heavy (non-hydrogen) atoms. The van der Waals surface area contributed by atoms with Crippen LogP contribution in [0.1, 0.15) is 16.1 Å². The molecular weight excluding hydrogens is 338 g/mol. The molecule has 106 valence electrons. The monoisotopic (exact) mass is 347 g/mol. The molecular formula is C13H10BrN5O2. The van der Waals surface area contributed by atoms with Crippen LogP contribution >= 0.6 is 15.9 Å². The number of anilines is 2. The highest BCUT2D eigenvalue weighted by atomic mass is 79.9. The number of aromatic carboxylic acids is 1. The number of hydrogen-bond acceptors (Lipinski definition) is 5. The summed E-state index contributed by atoms with van der Waals surface area (Å²) in [5.41, 5.74) is 1.74. The van der Waals surface area contributed by atoms with E-state index in [0.717, 1.165) is 11.4 Å². The van der Waals surface area contributed by atoms with Gasteiger partial charge in [-0.1, -0.05) is 0 Å². The van der Waals surface area contributed by atoms with Crippen LogP contribution in [0, 0.1) is 6.92 Å². The van der Waals surface area contributed by atoms with Crippen LogP contribution in [0.5, 0.6) is 0 Å². The van der Waals surface area contributed by atoms with Crippen LogP contribution in [0.4, 0.5) is 11.5 Å². The lowest BCUT2D eigenvalue weighted by atomic mass is 10.2. The highest BCUT2D eigenvalue weighted by Crippen LogP contribution is 2.27. The maximum atomic E-state index is 10.9. The lowest BCUT2D eigenvalue weighted by molar-refractivity contribution is 0.0697. The molecule has 0 saturated carbocycles. The van der Waals surface area contributed by atoms with E-state index in [1.54, 1.807) is 10.6 Å². The summed E-state index contributed by atoms with van der Waals surface area (Å²) in [6.45, 7) is 1.86. The molecule has 0 fully saturated rings. The molecule has 7 nitrogen and oxygen atoms in total. The zero-order valence-electron chi connectivity index (χ0n) is 10.9. The van der Waals surface area contributed by atoms with Crippen LogP contribution in [0.2, 0.25) is 0 Å². The number of halogens is 1. The van der Waals surface area contributed by atoms with E-state index in [1.807, 2.05) is 13.0 Å². The lowest BCUT2D eigenvalue weighted by Gasteiger charge is -2.10. The summed E-state index contributed by atoms with van der Waals surface area (Å²) < 4.78 is 2.22. The predicted molar refractivity (Wildman–Crippen MR) is 79.9 cm³/mol. The van der Waals surface area contributed by atoms with E-state index < -0.39 is 5.97 Å². The van der Waals surface area contributed by atoms with E-state index >= 15 is 0 Å². The quantitative estimate of drug-likeness (QED) is 0.756. The number of carbonyl (C=O) groups is 1. The number of rotatable bonds is 3. The molecule has 2 aromatic heterocycles. The van der Waals surface area contributed by atoms with Crippen molar-refractivity contribution >= 4 is 39.2 Å².